The number of ether oxygens (including phenoxy) is 2. The Kier molecular flexibility index (Phi) is 2.86. The molecule has 1 atom stereocenters. The minimum absolute atomic E-state index is 0.00717. The second-order valence-electron chi connectivity index (χ2n) is 5.64. The van der Waals surface area contributed by atoms with Crippen molar-refractivity contribution in [2.24, 2.45) is 0 Å². The van der Waals surface area contributed by atoms with Crippen LogP contribution in [-0.4, -0.2) is 31.6 Å². The highest BCUT2D eigenvalue weighted by Crippen LogP contribution is 2.45. The van der Waals surface area contributed by atoms with E-state index in [1.54, 1.807) is 14.2 Å². The molecule has 2 aliphatic rings. The van der Waals surface area contributed by atoms with E-state index in [2.05, 4.69) is 0 Å². The first-order chi connectivity index (χ1) is 10.7. The van der Waals surface area contributed by atoms with E-state index in [1.807, 2.05) is 41.3 Å². The first-order valence-corrected chi connectivity index (χ1v) is 7.39. The van der Waals surface area contributed by atoms with E-state index in [0.717, 1.165) is 35.4 Å². The molecule has 0 bridgehead atoms. The van der Waals surface area contributed by atoms with Crippen LogP contribution in [0.4, 0.5) is 0 Å². The highest BCUT2D eigenvalue weighted by molar-refractivity contribution is 6.00. The molecule has 0 aliphatic carbocycles. The Morgan fingerprint density at radius 2 is 1.77 bits per heavy atom. The highest BCUT2D eigenvalue weighted by Gasteiger charge is 2.40. The normalized spacial score (nSPS) is 18.5. The number of methoxy groups -OCH3 is 2. The SMILES string of the molecule is COc1cc2c(cc1OC)[C@@H]1c3ccccc3C(=O)N1CC2. The van der Waals surface area contributed by atoms with Crippen molar-refractivity contribution in [1.82, 2.24) is 4.90 Å². The van der Waals surface area contributed by atoms with Gasteiger partial charge < -0.3 is 14.4 Å². The van der Waals surface area contributed by atoms with Crippen molar-refractivity contribution in [3.8, 4) is 11.5 Å². The molecule has 0 spiro atoms. The number of benzene rings is 2. The number of hydrogen-bond acceptors (Lipinski definition) is 3. The van der Waals surface area contributed by atoms with Gasteiger partial charge in [-0.05, 0) is 41.3 Å². The van der Waals surface area contributed by atoms with Crippen molar-refractivity contribution in [2.45, 2.75) is 12.5 Å². The quantitative estimate of drug-likeness (QED) is 0.855. The maximum absolute atomic E-state index is 12.6. The lowest BCUT2D eigenvalue weighted by atomic mass is 9.89. The smallest absolute Gasteiger partial charge is 0.255 e. The van der Waals surface area contributed by atoms with Crippen LogP contribution in [0.1, 0.15) is 33.1 Å². The van der Waals surface area contributed by atoms with E-state index in [1.165, 1.54) is 5.56 Å². The first-order valence-electron chi connectivity index (χ1n) is 7.39. The van der Waals surface area contributed by atoms with Crippen LogP contribution in [0.3, 0.4) is 0 Å². The molecule has 0 aromatic heterocycles. The maximum atomic E-state index is 12.6. The Hall–Kier alpha value is -2.49. The molecule has 2 aromatic rings. The summed E-state index contributed by atoms with van der Waals surface area (Å²) in [6, 6.07) is 11.9. The molecule has 4 heteroatoms. The van der Waals surface area contributed by atoms with Crippen LogP contribution in [-0.2, 0) is 6.42 Å². The Labute approximate surface area is 129 Å². The Morgan fingerprint density at radius 3 is 2.55 bits per heavy atom. The van der Waals surface area contributed by atoms with Gasteiger partial charge in [0.25, 0.3) is 5.91 Å². The number of hydrogen-bond donors (Lipinski definition) is 0. The fourth-order valence-electron chi connectivity index (χ4n) is 3.58. The van der Waals surface area contributed by atoms with E-state index in [4.69, 9.17) is 9.47 Å². The summed E-state index contributed by atoms with van der Waals surface area (Å²) in [7, 11) is 3.28. The van der Waals surface area contributed by atoms with Crippen LogP contribution >= 0.6 is 0 Å². The van der Waals surface area contributed by atoms with Crippen molar-refractivity contribution in [1.29, 1.82) is 0 Å². The molecular formula is C18H17NO3. The van der Waals surface area contributed by atoms with Gasteiger partial charge >= 0.3 is 0 Å². The summed E-state index contributed by atoms with van der Waals surface area (Å²) in [5.74, 6) is 1.58. The van der Waals surface area contributed by atoms with Crippen LogP contribution in [0.25, 0.3) is 0 Å². The molecular weight excluding hydrogens is 278 g/mol. The van der Waals surface area contributed by atoms with Gasteiger partial charge in [0, 0.05) is 12.1 Å². The van der Waals surface area contributed by atoms with Gasteiger partial charge in [0.1, 0.15) is 0 Å². The predicted octanol–water partition coefficient (Wildman–Crippen LogP) is 2.81. The van der Waals surface area contributed by atoms with E-state index in [9.17, 15) is 4.79 Å². The highest BCUT2D eigenvalue weighted by atomic mass is 16.5. The molecule has 1 amide bonds. The van der Waals surface area contributed by atoms with Gasteiger partial charge in [-0.25, -0.2) is 0 Å². The lowest BCUT2D eigenvalue weighted by Crippen LogP contribution is -2.35. The fraction of sp³-hybridized carbons (Fsp3) is 0.278. The summed E-state index contributed by atoms with van der Waals surface area (Å²) >= 11 is 0. The maximum Gasteiger partial charge on any atom is 0.255 e. The molecule has 0 radical (unpaired) electrons. The molecule has 2 aromatic carbocycles. The lowest BCUT2D eigenvalue weighted by molar-refractivity contribution is 0.0740. The number of carbonyl (C=O) groups excluding carboxylic acids is 1. The summed E-state index contributed by atoms with van der Waals surface area (Å²) < 4.78 is 10.8. The standard InChI is InChI=1S/C18H17NO3/c1-21-15-9-11-7-8-19-17(14(11)10-16(15)22-2)12-5-3-4-6-13(12)18(19)20/h3-6,9-10,17H,7-8H2,1-2H3/t17-/m0/s1. The molecule has 0 saturated heterocycles. The van der Waals surface area contributed by atoms with Crippen molar-refractivity contribution < 1.29 is 14.3 Å². The molecule has 2 aliphatic heterocycles. The van der Waals surface area contributed by atoms with Gasteiger partial charge in [-0.2, -0.15) is 0 Å². The number of amides is 1. The number of fused-ring (bicyclic) bond motifs is 5. The Balaban J connectivity index is 1.92. The average molecular weight is 295 g/mol. The van der Waals surface area contributed by atoms with Gasteiger partial charge in [0.2, 0.25) is 0 Å². The summed E-state index contributed by atoms with van der Waals surface area (Å²) in [5.41, 5.74) is 4.27. The molecule has 22 heavy (non-hydrogen) atoms. The van der Waals surface area contributed by atoms with Crippen LogP contribution in [0, 0.1) is 0 Å². The average Bonchev–Trinajstić information content (AvgIpc) is 2.87. The number of nitrogens with zero attached hydrogens (tertiary/aromatic N) is 1. The largest absolute Gasteiger partial charge is 0.493 e. The first kappa shape index (κ1) is 13.2. The van der Waals surface area contributed by atoms with Crippen molar-refractivity contribution >= 4 is 5.91 Å². The third kappa shape index (κ3) is 1.67. The molecule has 0 unspecified atom stereocenters. The minimum atomic E-state index is -0.00717. The lowest BCUT2D eigenvalue weighted by Gasteiger charge is -2.33. The zero-order valence-electron chi connectivity index (χ0n) is 12.6. The van der Waals surface area contributed by atoms with Crippen LogP contribution in [0.5, 0.6) is 11.5 Å². The summed E-state index contributed by atoms with van der Waals surface area (Å²) in [6.45, 7) is 0.737. The number of rotatable bonds is 2. The van der Waals surface area contributed by atoms with Crippen molar-refractivity contribution in [3.05, 3.63) is 58.7 Å². The van der Waals surface area contributed by atoms with E-state index >= 15 is 0 Å². The topological polar surface area (TPSA) is 38.8 Å². The fourth-order valence-corrected chi connectivity index (χ4v) is 3.58. The monoisotopic (exact) mass is 295 g/mol. The summed E-state index contributed by atoms with van der Waals surface area (Å²) in [6.07, 6.45) is 0.839. The molecule has 4 rings (SSSR count). The second-order valence-corrected chi connectivity index (χ2v) is 5.64. The van der Waals surface area contributed by atoms with Crippen molar-refractivity contribution in [2.75, 3.05) is 20.8 Å². The van der Waals surface area contributed by atoms with Gasteiger partial charge in [0.15, 0.2) is 11.5 Å². The third-order valence-electron chi connectivity index (χ3n) is 4.62. The van der Waals surface area contributed by atoms with Gasteiger partial charge in [-0.3, -0.25) is 4.79 Å². The molecule has 112 valence electrons. The zero-order chi connectivity index (χ0) is 15.3. The van der Waals surface area contributed by atoms with Crippen LogP contribution in [0.15, 0.2) is 36.4 Å². The minimum Gasteiger partial charge on any atom is -0.493 e. The predicted molar refractivity (Wildman–Crippen MR) is 82.6 cm³/mol. The molecule has 2 heterocycles. The van der Waals surface area contributed by atoms with Gasteiger partial charge in [0.05, 0.1) is 20.3 Å². The second kappa shape index (κ2) is 4.77. The molecule has 0 saturated carbocycles. The third-order valence-corrected chi connectivity index (χ3v) is 4.62. The Bertz CT molecular complexity index is 769. The summed E-state index contributed by atoms with van der Waals surface area (Å²) in [4.78, 5) is 14.5. The van der Waals surface area contributed by atoms with Crippen LogP contribution in [0.2, 0.25) is 0 Å². The van der Waals surface area contributed by atoms with E-state index < -0.39 is 0 Å². The summed E-state index contributed by atoms with van der Waals surface area (Å²) in [5, 5.41) is 0. The Morgan fingerprint density at radius 1 is 1.05 bits per heavy atom. The van der Waals surface area contributed by atoms with Crippen LogP contribution < -0.4 is 9.47 Å². The van der Waals surface area contributed by atoms with E-state index in [-0.39, 0.29) is 11.9 Å². The zero-order valence-corrected chi connectivity index (χ0v) is 12.6. The molecule has 0 N–H and O–H groups in total. The molecule has 4 nitrogen and oxygen atoms in total. The van der Waals surface area contributed by atoms with Gasteiger partial charge in [-0.1, -0.05) is 18.2 Å². The van der Waals surface area contributed by atoms with Crippen molar-refractivity contribution in [3.63, 3.8) is 0 Å². The van der Waals surface area contributed by atoms with Gasteiger partial charge in [-0.15, -0.1) is 0 Å². The van der Waals surface area contributed by atoms with E-state index in [0.29, 0.717) is 5.75 Å². The molecule has 0 fully saturated rings. The number of carbonyl (C=O) groups is 1.